The smallest absolute Gasteiger partial charge is 0.323 e. The normalized spacial score (nSPS) is 19.4. The number of carbonyl (C=O) groups is 2. The van der Waals surface area contributed by atoms with Gasteiger partial charge in [-0.1, -0.05) is 43.9 Å². The first-order valence-corrected chi connectivity index (χ1v) is 5.61. The summed E-state index contributed by atoms with van der Waals surface area (Å²) in [6.07, 6.45) is 1.79. The summed E-state index contributed by atoms with van der Waals surface area (Å²) in [7, 11) is 0. The highest BCUT2D eigenvalue weighted by Crippen LogP contribution is 2.31. The summed E-state index contributed by atoms with van der Waals surface area (Å²) in [6, 6.07) is 0. The lowest BCUT2D eigenvalue weighted by atomic mass is 10.2. The van der Waals surface area contributed by atoms with E-state index >= 15 is 0 Å². The molecule has 4 nitrogen and oxygen atoms in total. The van der Waals surface area contributed by atoms with E-state index in [-0.39, 0.29) is 18.4 Å². The van der Waals surface area contributed by atoms with E-state index in [2.05, 4.69) is 0 Å². The lowest BCUT2D eigenvalue weighted by molar-refractivity contribution is -0.140. The summed E-state index contributed by atoms with van der Waals surface area (Å²) in [6.45, 7) is 3.54. The second kappa shape index (κ2) is 4.76. The van der Waals surface area contributed by atoms with E-state index in [0.29, 0.717) is 9.23 Å². The van der Waals surface area contributed by atoms with Crippen molar-refractivity contribution < 1.29 is 14.7 Å². The van der Waals surface area contributed by atoms with Gasteiger partial charge in [0.05, 0.1) is 4.91 Å². The fourth-order valence-corrected chi connectivity index (χ4v) is 2.49. The van der Waals surface area contributed by atoms with E-state index in [1.54, 1.807) is 6.08 Å². The Morgan fingerprint density at radius 2 is 2.27 bits per heavy atom. The summed E-state index contributed by atoms with van der Waals surface area (Å²) in [5.41, 5.74) is 0. The molecule has 1 aliphatic heterocycles. The first kappa shape index (κ1) is 12.2. The second-order valence-electron chi connectivity index (χ2n) is 3.43. The lowest BCUT2D eigenvalue weighted by Crippen LogP contribution is -2.33. The molecule has 1 aliphatic rings. The highest BCUT2D eigenvalue weighted by molar-refractivity contribution is 8.26. The number of nitrogens with zero attached hydrogens (tertiary/aromatic N) is 1. The summed E-state index contributed by atoms with van der Waals surface area (Å²) in [5.74, 6) is -1.12. The largest absolute Gasteiger partial charge is 0.480 e. The predicted octanol–water partition coefficient (Wildman–Crippen LogP) is 1.47. The fourth-order valence-electron chi connectivity index (χ4n) is 1.09. The van der Waals surface area contributed by atoms with Crippen LogP contribution in [0.25, 0.3) is 0 Å². The molecule has 15 heavy (non-hydrogen) atoms. The maximum Gasteiger partial charge on any atom is 0.323 e. The van der Waals surface area contributed by atoms with Gasteiger partial charge >= 0.3 is 5.97 Å². The van der Waals surface area contributed by atoms with Gasteiger partial charge in [-0.3, -0.25) is 14.5 Å². The zero-order valence-corrected chi connectivity index (χ0v) is 10.0. The molecule has 1 N–H and O–H groups in total. The number of aliphatic carboxylic acids is 1. The minimum Gasteiger partial charge on any atom is -0.480 e. The van der Waals surface area contributed by atoms with Gasteiger partial charge in [-0.05, 0) is 5.92 Å². The van der Waals surface area contributed by atoms with Crippen LogP contribution in [0.15, 0.2) is 11.0 Å². The third-order valence-electron chi connectivity index (χ3n) is 1.65. The zero-order chi connectivity index (χ0) is 11.6. The first-order valence-electron chi connectivity index (χ1n) is 4.39. The molecular weight excluding hydrogens is 234 g/mol. The Bertz CT molecular complexity index is 349. The van der Waals surface area contributed by atoms with Gasteiger partial charge in [-0.15, -0.1) is 0 Å². The molecule has 0 aliphatic carbocycles. The molecule has 0 atom stereocenters. The van der Waals surface area contributed by atoms with Crippen LogP contribution in [0.2, 0.25) is 0 Å². The van der Waals surface area contributed by atoms with Gasteiger partial charge in [0.2, 0.25) is 0 Å². The maximum atomic E-state index is 11.7. The number of thiocarbonyl (C=S) groups is 1. The van der Waals surface area contributed by atoms with Gasteiger partial charge < -0.3 is 5.11 Å². The summed E-state index contributed by atoms with van der Waals surface area (Å²) in [5, 5.41) is 8.60. The Morgan fingerprint density at radius 3 is 2.73 bits per heavy atom. The molecule has 0 radical (unpaired) electrons. The van der Waals surface area contributed by atoms with E-state index in [4.69, 9.17) is 17.3 Å². The van der Waals surface area contributed by atoms with Gasteiger partial charge in [-0.2, -0.15) is 0 Å². The Morgan fingerprint density at radius 1 is 1.67 bits per heavy atom. The summed E-state index contributed by atoms with van der Waals surface area (Å²) < 4.78 is 0.314. The Hall–Kier alpha value is -0.880. The number of carbonyl (C=O) groups excluding carboxylic acids is 1. The molecular formula is C9H11NO3S2. The van der Waals surface area contributed by atoms with Crippen molar-refractivity contribution in [3.05, 3.63) is 11.0 Å². The van der Waals surface area contributed by atoms with Gasteiger partial charge in [0.25, 0.3) is 5.91 Å². The van der Waals surface area contributed by atoms with Crippen molar-refractivity contribution in [2.24, 2.45) is 5.92 Å². The molecule has 0 unspecified atom stereocenters. The van der Waals surface area contributed by atoms with Crippen LogP contribution in [0.5, 0.6) is 0 Å². The Labute approximate surface area is 97.3 Å². The number of thioether (sulfide) groups is 1. The van der Waals surface area contributed by atoms with Crippen LogP contribution in [0, 0.1) is 5.92 Å². The fraction of sp³-hybridized carbons (Fsp3) is 0.444. The summed E-state index contributed by atoms with van der Waals surface area (Å²) >= 11 is 6.09. The number of amides is 1. The van der Waals surface area contributed by atoms with Crippen molar-refractivity contribution in [2.75, 3.05) is 6.54 Å². The predicted molar refractivity (Wildman–Crippen MR) is 62.5 cm³/mol. The van der Waals surface area contributed by atoms with Gasteiger partial charge in [-0.25, -0.2) is 0 Å². The standard InChI is InChI=1S/C9H11NO3S2/c1-5(2)3-6-8(13)10(4-7(11)12)9(14)15-6/h3,5H,4H2,1-2H3,(H,11,12)/b6-3-. The minimum atomic E-state index is -1.06. The highest BCUT2D eigenvalue weighted by atomic mass is 32.2. The number of carboxylic acids is 1. The molecule has 0 aromatic carbocycles. The van der Waals surface area contributed by atoms with Crippen molar-refractivity contribution in [1.29, 1.82) is 0 Å². The number of hydrogen-bond donors (Lipinski definition) is 1. The summed E-state index contributed by atoms with van der Waals surface area (Å²) in [4.78, 5) is 23.8. The molecule has 6 heteroatoms. The van der Waals surface area contributed by atoms with Crippen molar-refractivity contribution in [1.82, 2.24) is 4.90 Å². The lowest BCUT2D eigenvalue weighted by Gasteiger charge is -2.10. The van der Waals surface area contributed by atoms with E-state index in [1.807, 2.05) is 13.8 Å². The third-order valence-corrected chi connectivity index (χ3v) is 3.05. The van der Waals surface area contributed by atoms with Crippen molar-refractivity contribution >= 4 is 40.2 Å². The minimum absolute atomic E-state index is 0.240. The molecule has 1 heterocycles. The highest BCUT2D eigenvalue weighted by Gasteiger charge is 2.33. The van der Waals surface area contributed by atoms with E-state index in [1.165, 1.54) is 0 Å². The van der Waals surface area contributed by atoms with E-state index in [9.17, 15) is 9.59 Å². The molecule has 0 aromatic heterocycles. The number of allylic oxidation sites excluding steroid dienone is 1. The first-order chi connectivity index (χ1) is 6.91. The molecule has 0 aromatic rings. The molecule has 1 rings (SSSR count). The SMILES string of the molecule is CC(C)/C=C1\SC(=S)N(CC(=O)O)C1=O. The Balaban J connectivity index is 2.84. The molecule has 1 fully saturated rings. The molecule has 0 bridgehead atoms. The van der Waals surface area contributed by atoms with Crippen LogP contribution in [0.3, 0.4) is 0 Å². The number of hydrogen-bond acceptors (Lipinski definition) is 4. The van der Waals surface area contributed by atoms with Crippen LogP contribution in [0.4, 0.5) is 0 Å². The van der Waals surface area contributed by atoms with Crippen LogP contribution in [0.1, 0.15) is 13.8 Å². The second-order valence-corrected chi connectivity index (χ2v) is 5.10. The van der Waals surface area contributed by atoms with Gasteiger partial charge in [0, 0.05) is 0 Å². The molecule has 0 spiro atoms. The van der Waals surface area contributed by atoms with E-state index < -0.39 is 5.97 Å². The van der Waals surface area contributed by atoms with Crippen molar-refractivity contribution in [3.8, 4) is 0 Å². The average Bonchev–Trinajstić information content (AvgIpc) is 2.31. The van der Waals surface area contributed by atoms with Crippen LogP contribution < -0.4 is 0 Å². The third kappa shape index (κ3) is 3.04. The maximum absolute atomic E-state index is 11.7. The topological polar surface area (TPSA) is 57.6 Å². The van der Waals surface area contributed by atoms with E-state index in [0.717, 1.165) is 16.7 Å². The number of rotatable bonds is 3. The monoisotopic (exact) mass is 245 g/mol. The molecule has 1 amide bonds. The molecule has 0 saturated carbocycles. The van der Waals surface area contributed by atoms with Crippen LogP contribution in [-0.4, -0.2) is 32.7 Å². The molecule has 1 saturated heterocycles. The van der Waals surface area contributed by atoms with Crippen LogP contribution in [-0.2, 0) is 9.59 Å². The van der Waals surface area contributed by atoms with Gasteiger partial charge in [0.15, 0.2) is 0 Å². The Kier molecular flexibility index (Phi) is 3.87. The average molecular weight is 245 g/mol. The number of carboxylic acid groups (broad SMARTS) is 1. The zero-order valence-electron chi connectivity index (χ0n) is 8.39. The van der Waals surface area contributed by atoms with Crippen molar-refractivity contribution in [2.45, 2.75) is 13.8 Å². The van der Waals surface area contributed by atoms with Crippen molar-refractivity contribution in [3.63, 3.8) is 0 Å². The van der Waals surface area contributed by atoms with Crippen LogP contribution >= 0.6 is 24.0 Å². The van der Waals surface area contributed by atoms with Gasteiger partial charge in [0.1, 0.15) is 10.9 Å². The molecule has 82 valence electrons. The quantitative estimate of drug-likeness (QED) is 0.603.